The van der Waals surface area contributed by atoms with Crippen LogP contribution in [-0.4, -0.2) is 36.3 Å². The van der Waals surface area contributed by atoms with Crippen molar-refractivity contribution in [2.75, 3.05) is 30.3 Å². The Hall–Kier alpha value is -2.70. The Balaban J connectivity index is 1.56. The van der Waals surface area contributed by atoms with Crippen molar-refractivity contribution in [1.82, 2.24) is 4.90 Å². The molecular weight excluding hydrogens is 364 g/mol. The molecule has 29 heavy (non-hydrogen) atoms. The van der Waals surface area contributed by atoms with Gasteiger partial charge in [-0.3, -0.25) is 14.5 Å². The van der Waals surface area contributed by atoms with Crippen LogP contribution in [0, 0.1) is 6.92 Å². The first-order chi connectivity index (χ1) is 14.0. The topological polar surface area (TPSA) is 87.5 Å². The molecule has 0 saturated carbocycles. The smallest absolute Gasteiger partial charge is 0.245 e. The van der Waals surface area contributed by atoms with Gasteiger partial charge in [-0.05, 0) is 56.6 Å². The van der Waals surface area contributed by atoms with Crippen LogP contribution in [0.1, 0.15) is 42.9 Å². The Kier molecular flexibility index (Phi) is 7.38. The number of likely N-dealkylation sites (tertiary alicyclic amines) is 1. The van der Waals surface area contributed by atoms with Crippen LogP contribution in [0.5, 0.6) is 0 Å². The second kappa shape index (κ2) is 10.2. The minimum atomic E-state index is -0.753. The Morgan fingerprint density at radius 1 is 0.966 bits per heavy atom. The lowest BCUT2D eigenvalue weighted by Gasteiger charge is -2.19. The molecule has 2 aromatic rings. The molecule has 0 aromatic heterocycles. The quantitative estimate of drug-likeness (QED) is 0.700. The van der Waals surface area contributed by atoms with Crippen LogP contribution in [0.2, 0.25) is 0 Å². The van der Waals surface area contributed by atoms with Crippen molar-refractivity contribution in [3.8, 4) is 0 Å². The van der Waals surface area contributed by atoms with Crippen LogP contribution in [0.3, 0.4) is 0 Å². The monoisotopic (exact) mass is 394 g/mol. The number of nitrogens with zero attached hydrogens (tertiary/aromatic N) is 1. The minimum absolute atomic E-state index is 0.0354. The number of anilines is 2. The van der Waals surface area contributed by atoms with Gasteiger partial charge in [-0.1, -0.05) is 48.7 Å². The van der Waals surface area contributed by atoms with Gasteiger partial charge in [0.2, 0.25) is 11.8 Å². The van der Waals surface area contributed by atoms with Gasteiger partial charge in [0.1, 0.15) is 6.04 Å². The third-order valence-electron chi connectivity index (χ3n) is 5.20. The summed E-state index contributed by atoms with van der Waals surface area (Å²) in [6.45, 7) is 4.33. The predicted octanol–water partition coefficient (Wildman–Crippen LogP) is 3.45. The lowest BCUT2D eigenvalue weighted by atomic mass is 10.1. The van der Waals surface area contributed by atoms with Gasteiger partial charge in [-0.2, -0.15) is 0 Å². The number of nitrogens with two attached hydrogens (primary N) is 1. The molecule has 1 aliphatic heterocycles. The fourth-order valence-electron chi connectivity index (χ4n) is 3.52. The molecule has 6 nitrogen and oxygen atoms in total. The predicted molar refractivity (Wildman–Crippen MR) is 117 cm³/mol. The van der Waals surface area contributed by atoms with Crippen LogP contribution >= 0.6 is 0 Å². The Bertz CT molecular complexity index is 827. The first-order valence-corrected chi connectivity index (χ1v) is 10.3. The molecule has 6 heteroatoms. The molecule has 4 N–H and O–H groups in total. The van der Waals surface area contributed by atoms with Gasteiger partial charge in [0.05, 0.1) is 6.54 Å². The number of carbonyl (C=O) groups is 2. The number of carbonyl (C=O) groups excluding carboxylic acids is 2. The van der Waals surface area contributed by atoms with Crippen molar-refractivity contribution < 1.29 is 9.59 Å². The molecule has 1 fully saturated rings. The number of aryl methyl sites for hydroxylation is 1. The molecule has 0 spiro atoms. The summed E-state index contributed by atoms with van der Waals surface area (Å²) in [6, 6.07) is 14.0. The SMILES string of the molecule is Cc1ccc(C(N)C(=O)Nc2cccc(NC(=O)CN3CCCCCC3)c2)cc1. The van der Waals surface area contributed by atoms with Crippen molar-refractivity contribution >= 4 is 23.2 Å². The second-order valence-corrected chi connectivity index (χ2v) is 7.70. The maximum atomic E-state index is 12.5. The van der Waals surface area contributed by atoms with Crippen molar-refractivity contribution in [1.29, 1.82) is 0 Å². The first-order valence-electron chi connectivity index (χ1n) is 10.3. The van der Waals surface area contributed by atoms with E-state index in [4.69, 9.17) is 5.73 Å². The van der Waals surface area contributed by atoms with Crippen molar-refractivity contribution in [3.05, 3.63) is 59.7 Å². The molecule has 3 rings (SSSR count). The van der Waals surface area contributed by atoms with E-state index in [-0.39, 0.29) is 11.8 Å². The van der Waals surface area contributed by atoms with E-state index in [2.05, 4.69) is 15.5 Å². The standard InChI is InChI=1S/C23H30N4O2/c1-17-9-11-18(12-10-17)22(24)23(29)26-20-8-6-7-19(15-20)25-21(28)16-27-13-4-2-3-5-14-27/h6-12,15,22H,2-5,13-14,16,24H2,1H3,(H,25,28)(H,26,29). The summed E-state index contributed by atoms with van der Waals surface area (Å²) in [5, 5.41) is 5.76. The second-order valence-electron chi connectivity index (χ2n) is 7.70. The summed E-state index contributed by atoms with van der Waals surface area (Å²) in [4.78, 5) is 27.1. The molecule has 1 heterocycles. The fraction of sp³-hybridized carbons (Fsp3) is 0.391. The van der Waals surface area contributed by atoms with Gasteiger partial charge >= 0.3 is 0 Å². The molecule has 2 aromatic carbocycles. The number of benzene rings is 2. The van der Waals surface area contributed by atoms with Gasteiger partial charge in [-0.15, -0.1) is 0 Å². The van der Waals surface area contributed by atoms with Gasteiger partial charge < -0.3 is 16.4 Å². The molecule has 1 atom stereocenters. The maximum absolute atomic E-state index is 12.5. The van der Waals surface area contributed by atoms with Crippen LogP contribution < -0.4 is 16.4 Å². The zero-order valence-electron chi connectivity index (χ0n) is 17.0. The Labute approximate surface area is 172 Å². The lowest BCUT2D eigenvalue weighted by molar-refractivity contribution is -0.118. The van der Waals surface area contributed by atoms with E-state index in [1.807, 2.05) is 37.3 Å². The van der Waals surface area contributed by atoms with Gasteiger partial charge in [0.15, 0.2) is 0 Å². The van der Waals surface area contributed by atoms with Crippen LogP contribution in [0.15, 0.2) is 48.5 Å². The molecule has 0 radical (unpaired) electrons. The zero-order chi connectivity index (χ0) is 20.6. The Morgan fingerprint density at radius 3 is 2.24 bits per heavy atom. The number of nitrogens with one attached hydrogen (secondary N) is 2. The summed E-state index contributed by atoms with van der Waals surface area (Å²) in [7, 11) is 0. The van der Waals surface area contributed by atoms with Gasteiger partial charge in [-0.25, -0.2) is 0 Å². The van der Waals surface area contributed by atoms with E-state index in [1.54, 1.807) is 18.2 Å². The molecule has 2 amide bonds. The number of hydrogen-bond acceptors (Lipinski definition) is 4. The van der Waals surface area contributed by atoms with Crippen molar-refractivity contribution in [2.24, 2.45) is 5.73 Å². The molecule has 1 unspecified atom stereocenters. The first kappa shape index (κ1) is 21.0. The minimum Gasteiger partial charge on any atom is -0.325 e. The van der Waals surface area contributed by atoms with Crippen LogP contribution in [0.4, 0.5) is 11.4 Å². The van der Waals surface area contributed by atoms with Crippen LogP contribution in [0.25, 0.3) is 0 Å². The van der Waals surface area contributed by atoms with Crippen LogP contribution in [-0.2, 0) is 9.59 Å². The average molecular weight is 395 g/mol. The average Bonchev–Trinajstić information content (AvgIpc) is 2.97. The largest absolute Gasteiger partial charge is 0.325 e. The summed E-state index contributed by atoms with van der Waals surface area (Å²) < 4.78 is 0. The highest BCUT2D eigenvalue weighted by atomic mass is 16.2. The number of amides is 2. The van der Waals surface area contributed by atoms with E-state index < -0.39 is 6.04 Å². The third-order valence-corrected chi connectivity index (χ3v) is 5.20. The highest BCUT2D eigenvalue weighted by Crippen LogP contribution is 2.18. The summed E-state index contributed by atoms with van der Waals surface area (Å²) in [5.74, 6) is -0.325. The third kappa shape index (κ3) is 6.41. The summed E-state index contributed by atoms with van der Waals surface area (Å²) in [5.41, 5.74) is 9.22. The lowest BCUT2D eigenvalue weighted by Crippen LogP contribution is -2.33. The molecule has 154 valence electrons. The van der Waals surface area contributed by atoms with Gasteiger partial charge in [0, 0.05) is 11.4 Å². The molecular formula is C23H30N4O2. The number of rotatable bonds is 6. The summed E-state index contributed by atoms with van der Waals surface area (Å²) >= 11 is 0. The van der Waals surface area contributed by atoms with Crippen molar-refractivity contribution in [2.45, 2.75) is 38.6 Å². The maximum Gasteiger partial charge on any atom is 0.245 e. The fourth-order valence-corrected chi connectivity index (χ4v) is 3.52. The zero-order valence-corrected chi connectivity index (χ0v) is 17.0. The molecule has 0 bridgehead atoms. The highest BCUT2D eigenvalue weighted by molar-refractivity contribution is 5.97. The summed E-state index contributed by atoms with van der Waals surface area (Å²) in [6.07, 6.45) is 4.78. The highest BCUT2D eigenvalue weighted by Gasteiger charge is 2.16. The van der Waals surface area contributed by atoms with E-state index in [0.717, 1.165) is 37.1 Å². The molecule has 0 aliphatic carbocycles. The van der Waals surface area contributed by atoms with E-state index >= 15 is 0 Å². The van der Waals surface area contributed by atoms with E-state index in [0.29, 0.717) is 17.9 Å². The molecule has 1 aliphatic rings. The normalized spacial score (nSPS) is 15.9. The molecule has 1 saturated heterocycles. The van der Waals surface area contributed by atoms with E-state index in [9.17, 15) is 9.59 Å². The van der Waals surface area contributed by atoms with E-state index in [1.165, 1.54) is 12.8 Å². The van der Waals surface area contributed by atoms with Crippen molar-refractivity contribution in [3.63, 3.8) is 0 Å². The number of hydrogen-bond donors (Lipinski definition) is 3. The van der Waals surface area contributed by atoms with Gasteiger partial charge in [0.25, 0.3) is 0 Å². The Morgan fingerprint density at radius 2 is 1.59 bits per heavy atom.